The van der Waals surface area contributed by atoms with E-state index in [0.29, 0.717) is 23.3 Å². The van der Waals surface area contributed by atoms with Gasteiger partial charge in [-0.2, -0.15) is 16.8 Å². The molecule has 48 heavy (non-hydrogen) atoms. The zero-order valence-corrected chi connectivity index (χ0v) is 32.2. The Hall–Kier alpha value is -2.42. The Morgan fingerprint density at radius 2 is 0.875 bits per heavy atom. The van der Waals surface area contributed by atoms with E-state index in [0.717, 1.165) is 24.3 Å². The number of nitrogens with zero attached hydrogens (tertiary/aromatic N) is 4. The summed E-state index contributed by atoms with van der Waals surface area (Å²) in [5, 5.41) is 34.4. The van der Waals surface area contributed by atoms with E-state index < -0.39 is 105 Å². The molecule has 18 nitrogen and oxygen atoms in total. The second kappa shape index (κ2) is 14.8. The van der Waals surface area contributed by atoms with Gasteiger partial charge >= 0.3 is 59.1 Å². The van der Waals surface area contributed by atoms with Crippen LogP contribution in [0.15, 0.2) is 88.6 Å². The van der Waals surface area contributed by atoms with Crippen LogP contribution in [0.4, 0.5) is 22.7 Å². The molecule has 4 aromatic carbocycles. The minimum absolute atomic E-state index is 0. The molecule has 0 saturated carbocycles. The van der Waals surface area contributed by atoms with Crippen LogP contribution in [0.3, 0.4) is 0 Å². The van der Waals surface area contributed by atoms with Crippen molar-refractivity contribution < 1.29 is 121 Å². The van der Waals surface area contributed by atoms with Gasteiger partial charge in [0.15, 0.2) is 11.5 Å². The number of rotatable bonds is 8. The van der Waals surface area contributed by atoms with Gasteiger partial charge in [-0.1, -0.05) is 12.1 Å². The third kappa shape index (κ3) is 9.02. The molecule has 0 unspecified atom stereocenters. The molecule has 0 heterocycles. The normalized spacial score (nSPS) is 12.7. The van der Waals surface area contributed by atoms with Crippen LogP contribution in [0.5, 0.6) is 11.5 Å². The van der Waals surface area contributed by atoms with Crippen molar-refractivity contribution in [1.82, 2.24) is 0 Å². The van der Waals surface area contributed by atoms with Crippen LogP contribution >= 0.6 is 0 Å². The second-order valence-electron chi connectivity index (χ2n) is 9.44. The van der Waals surface area contributed by atoms with Crippen LogP contribution < -0.4 is 59.1 Å². The summed E-state index contributed by atoms with van der Waals surface area (Å²) in [5.41, 5.74) is -2.86. The monoisotopic (exact) mass is 760 g/mol. The van der Waals surface area contributed by atoms with Crippen molar-refractivity contribution in [3.8, 4) is 11.5 Å². The number of fused-ring (bicyclic) bond motifs is 1. The average molecular weight is 761 g/mol. The molecule has 0 amide bonds. The van der Waals surface area contributed by atoms with Crippen LogP contribution in [0.25, 0.3) is 10.8 Å². The first kappa shape index (κ1) is 41.7. The van der Waals surface area contributed by atoms with Crippen molar-refractivity contribution in [1.29, 1.82) is 0 Å². The number of azo groups is 2. The molecule has 0 radical (unpaired) electrons. The summed E-state index contributed by atoms with van der Waals surface area (Å²) in [4.78, 5) is -4.30. The molecule has 4 rings (SSSR count). The Bertz CT molecular complexity index is 2300. The van der Waals surface area contributed by atoms with Crippen LogP contribution in [0.2, 0.25) is 0 Å². The van der Waals surface area contributed by atoms with Gasteiger partial charge in [-0.25, -0.2) is 16.8 Å². The van der Waals surface area contributed by atoms with E-state index in [1.54, 1.807) is 0 Å². The van der Waals surface area contributed by atoms with Gasteiger partial charge < -0.3 is 19.3 Å². The van der Waals surface area contributed by atoms with E-state index in [1.165, 1.54) is 26.0 Å². The van der Waals surface area contributed by atoms with Crippen molar-refractivity contribution in [2.45, 2.75) is 33.4 Å². The summed E-state index contributed by atoms with van der Waals surface area (Å²) >= 11 is 0. The van der Waals surface area contributed by atoms with Crippen molar-refractivity contribution in [3.05, 3.63) is 59.7 Å². The van der Waals surface area contributed by atoms with Gasteiger partial charge in [0.1, 0.15) is 52.8 Å². The van der Waals surface area contributed by atoms with Crippen LogP contribution in [0, 0.1) is 13.8 Å². The Labute approximate surface area is 317 Å². The predicted molar refractivity (Wildman–Crippen MR) is 154 cm³/mol. The molecule has 0 spiro atoms. The number of benzene rings is 4. The summed E-state index contributed by atoms with van der Waals surface area (Å²) in [7, 11) is -21.0. The number of phenols is 2. The molecule has 0 aliphatic carbocycles. The van der Waals surface area contributed by atoms with Gasteiger partial charge in [0.05, 0.1) is 15.2 Å². The number of phenolic OH excluding ortho intramolecular Hbond substituents is 2. The first-order chi connectivity index (χ1) is 21.0. The standard InChI is InChI=1S/C24H20N4O14S4.2Na/c1-11-3-5-14(16(7-11)43(31,32)33)25-27-21-18(45(37,38)39)9-13-10-19(46(40,41)42)22(24(30)20(13)23(21)29)28-26-15-6-4-12(2)8-17(15)44(34,35)36;;/h3-10,29-30H,1-2H3,(H,31,32,33)(H,34,35,36)(H,37,38,39)(H,40,41,42);;/q;2*+1/p-2. The summed E-state index contributed by atoms with van der Waals surface area (Å²) in [6, 6.07) is 7.54. The first-order valence-electron chi connectivity index (χ1n) is 12.0. The van der Waals surface area contributed by atoms with Gasteiger partial charge in [-0.05, 0) is 66.8 Å². The topological polar surface area (TPSA) is 313 Å². The minimum atomic E-state index is -5.60. The van der Waals surface area contributed by atoms with Crippen molar-refractivity contribution >= 4 is 74.0 Å². The molecule has 0 atom stereocenters. The molecule has 0 bridgehead atoms. The molecular weight excluding hydrogens is 743 g/mol. The van der Waals surface area contributed by atoms with Gasteiger partial charge in [-0.15, -0.1) is 20.5 Å². The Kier molecular flexibility index (Phi) is 12.9. The SMILES string of the molecule is Cc1ccc(N=Nc2c(S(=O)(=O)[O-])cc3cc(S(=O)(=O)[O-])c(N=Nc4ccc(C)cc4S(=O)(=O)O)c(O)c3c2O)c(S(=O)(=O)O)c1.[Na+].[Na+]. The Balaban J connectivity index is 0.00000400. The number of aryl methyl sites for hydroxylation is 2. The molecule has 0 aliphatic heterocycles. The minimum Gasteiger partial charge on any atom is -0.744 e. The van der Waals surface area contributed by atoms with Gasteiger partial charge in [0, 0.05) is 0 Å². The summed E-state index contributed by atoms with van der Waals surface area (Å²) in [6.45, 7) is 2.92. The molecule has 0 aromatic heterocycles. The average Bonchev–Trinajstić information content (AvgIpc) is 2.90. The van der Waals surface area contributed by atoms with E-state index in [-0.39, 0.29) is 59.1 Å². The first-order valence-corrected chi connectivity index (χ1v) is 17.7. The number of hydrogen-bond acceptors (Lipinski definition) is 16. The summed E-state index contributed by atoms with van der Waals surface area (Å²) < 4.78 is 139. The smallest absolute Gasteiger partial charge is 0.744 e. The predicted octanol–water partition coefficient (Wildman–Crippen LogP) is -1.99. The molecular formula is C24H18N4Na2O14S4. The van der Waals surface area contributed by atoms with Gasteiger partial charge in [0.2, 0.25) is 0 Å². The molecule has 0 saturated heterocycles. The second-order valence-corrected chi connectivity index (χ2v) is 14.9. The van der Waals surface area contributed by atoms with E-state index in [4.69, 9.17) is 0 Å². The number of hydrogen-bond donors (Lipinski definition) is 4. The van der Waals surface area contributed by atoms with Gasteiger partial charge in [0.25, 0.3) is 20.2 Å². The maximum atomic E-state index is 12.1. The maximum Gasteiger partial charge on any atom is 1.00 e. The molecule has 0 fully saturated rings. The molecule has 244 valence electrons. The fourth-order valence-corrected chi connectivity index (χ4v) is 6.77. The Morgan fingerprint density at radius 1 is 0.542 bits per heavy atom. The fraction of sp³-hybridized carbons (Fsp3) is 0.0833. The van der Waals surface area contributed by atoms with Crippen molar-refractivity contribution in [2.24, 2.45) is 20.5 Å². The molecule has 4 aromatic rings. The largest absolute Gasteiger partial charge is 1.00 e. The molecule has 24 heteroatoms. The van der Waals surface area contributed by atoms with Gasteiger partial charge in [-0.3, -0.25) is 9.11 Å². The third-order valence-electron chi connectivity index (χ3n) is 6.09. The van der Waals surface area contributed by atoms with E-state index >= 15 is 0 Å². The van der Waals surface area contributed by atoms with Crippen molar-refractivity contribution in [2.75, 3.05) is 0 Å². The maximum absolute atomic E-state index is 12.1. The van der Waals surface area contributed by atoms with Crippen molar-refractivity contribution in [3.63, 3.8) is 0 Å². The van der Waals surface area contributed by atoms with E-state index in [2.05, 4.69) is 20.5 Å². The zero-order chi connectivity index (χ0) is 34.6. The quantitative estimate of drug-likeness (QED) is 0.0859. The number of aromatic hydroxyl groups is 2. The van der Waals surface area contributed by atoms with E-state index in [1.807, 2.05) is 0 Å². The van der Waals surface area contributed by atoms with Crippen LogP contribution in [0.1, 0.15) is 11.1 Å². The van der Waals surface area contributed by atoms with E-state index in [9.17, 15) is 62.1 Å². The third-order valence-corrected chi connectivity index (χ3v) is 9.56. The zero-order valence-electron chi connectivity index (χ0n) is 24.9. The Morgan fingerprint density at radius 3 is 1.17 bits per heavy atom. The van der Waals surface area contributed by atoms with Crippen LogP contribution in [-0.2, 0) is 40.5 Å². The molecule has 4 N–H and O–H groups in total. The summed E-state index contributed by atoms with van der Waals surface area (Å²) in [6.07, 6.45) is 0. The van der Waals surface area contributed by atoms with Crippen LogP contribution in [-0.4, -0.2) is 62.1 Å². The summed E-state index contributed by atoms with van der Waals surface area (Å²) in [5.74, 6) is -2.71. The molecule has 0 aliphatic rings. The fourth-order valence-electron chi connectivity index (χ4n) is 4.06.